The molecule has 2 amide bonds. The van der Waals surface area contributed by atoms with Crippen LogP contribution in [0, 0.1) is 6.92 Å². The van der Waals surface area contributed by atoms with Crippen molar-refractivity contribution in [2.24, 2.45) is 0 Å². The summed E-state index contributed by atoms with van der Waals surface area (Å²) in [6.45, 7) is 5.41. The normalized spacial score (nSPS) is 12.7. The van der Waals surface area contributed by atoms with Crippen LogP contribution < -0.4 is 15.4 Å². The van der Waals surface area contributed by atoms with Gasteiger partial charge in [-0.05, 0) is 82.4 Å². The van der Waals surface area contributed by atoms with Gasteiger partial charge in [0.05, 0.1) is 5.56 Å². The van der Waals surface area contributed by atoms with Crippen LogP contribution in [0.25, 0.3) is 0 Å². The molecule has 0 bridgehead atoms. The lowest BCUT2D eigenvalue weighted by Gasteiger charge is -2.15. The number of aryl methyl sites for hydroxylation is 1. The van der Waals surface area contributed by atoms with Crippen LogP contribution in [0.3, 0.4) is 0 Å². The van der Waals surface area contributed by atoms with E-state index in [2.05, 4.69) is 78.3 Å². The number of benzene rings is 1. The Morgan fingerprint density at radius 2 is 1.36 bits per heavy atom. The molecule has 0 aliphatic heterocycles. The third kappa shape index (κ3) is 20.2. The Labute approximate surface area is 268 Å². The largest absolute Gasteiger partial charge is 0.480 e. The van der Waals surface area contributed by atoms with Gasteiger partial charge in [0.25, 0.3) is 5.91 Å². The van der Waals surface area contributed by atoms with Crippen LogP contribution in [0.2, 0.25) is 0 Å². The van der Waals surface area contributed by atoms with Crippen molar-refractivity contribution in [1.29, 1.82) is 0 Å². The number of allylic oxidation sites excluding steroid dienone is 12. The van der Waals surface area contributed by atoms with Crippen LogP contribution in [0.5, 0.6) is 5.75 Å². The van der Waals surface area contributed by atoms with Crippen molar-refractivity contribution in [1.82, 2.24) is 10.6 Å². The Morgan fingerprint density at radius 1 is 0.822 bits per heavy atom. The molecule has 0 radical (unpaired) electrons. The molecule has 1 aromatic carbocycles. The molecule has 1 rings (SSSR count). The van der Waals surface area contributed by atoms with E-state index in [9.17, 15) is 24.3 Å². The fourth-order valence-corrected chi connectivity index (χ4v) is 4.04. The number of hydrogen-bond donors (Lipinski definition) is 3. The van der Waals surface area contributed by atoms with Crippen molar-refractivity contribution >= 4 is 23.8 Å². The summed E-state index contributed by atoms with van der Waals surface area (Å²) in [7, 11) is 0. The first kappa shape index (κ1) is 38.6. The summed E-state index contributed by atoms with van der Waals surface area (Å²) in [4.78, 5) is 47.8. The van der Waals surface area contributed by atoms with E-state index in [-0.39, 0.29) is 36.6 Å². The smallest absolute Gasteiger partial charge is 0.326 e. The number of hydrogen-bond acceptors (Lipinski definition) is 5. The predicted octanol–water partition coefficient (Wildman–Crippen LogP) is 7.48. The van der Waals surface area contributed by atoms with E-state index in [0.29, 0.717) is 12.8 Å². The molecular weight excluding hydrogens is 568 g/mol. The van der Waals surface area contributed by atoms with Gasteiger partial charge in [-0.1, -0.05) is 85.9 Å². The monoisotopic (exact) mass is 618 g/mol. The topological polar surface area (TPSA) is 122 Å². The van der Waals surface area contributed by atoms with Crippen LogP contribution in [0.1, 0.15) is 94.0 Å². The second-order valence-electron chi connectivity index (χ2n) is 10.4. The van der Waals surface area contributed by atoms with Gasteiger partial charge in [-0.3, -0.25) is 14.4 Å². The summed E-state index contributed by atoms with van der Waals surface area (Å²) in [5, 5.41) is 14.8. The third-order valence-corrected chi connectivity index (χ3v) is 6.36. The minimum Gasteiger partial charge on any atom is -0.480 e. The summed E-state index contributed by atoms with van der Waals surface area (Å²) < 4.78 is 5.13. The zero-order chi connectivity index (χ0) is 33.1. The molecule has 0 saturated heterocycles. The predicted molar refractivity (Wildman–Crippen MR) is 181 cm³/mol. The first-order valence-corrected chi connectivity index (χ1v) is 15.7. The fourth-order valence-electron chi connectivity index (χ4n) is 4.04. The van der Waals surface area contributed by atoms with Gasteiger partial charge in [-0.2, -0.15) is 0 Å². The van der Waals surface area contributed by atoms with Gasteiger partial charge in [0.1, 0.15) is 11.8 Å². The molecule has 0 aliphatic rings. The lowest BCUT2D eigenvalue weighted by Crippen LogP contribution is -2.41. The molecule has 1 aromatic rings. The van der Waals surface area contributed by atoms with Crippen LogP contribution >= 0.6 is 0 Å². The molecular formula is C37H50N2O6. The maximum atomic E-state index is 12.6. The number of carbonyl (C=O) groups is 4. The van der Waals surface area contributed by atoms with Crippen molar-refractivity contribution in [3.8, 4) is 5.75 Å². The quantitative estimate of drug-likeness (QED) is 0.0536. The molecule has 8 heteroatoms. The summed E-state index contributed by atoms with van der Waals surface area (Å²) >= 11 is 0. The number of carboxylic acid groups (broad SMARTS) is 1. The Hall–Kier alpha value is -4.46. The number of carbonyl (C=O) groups excluding carboxylic acids is 3. The van der Waals surface area contributed by atoms with Crippen LogP contribution in [-0.4, -0.2) is 41.4 Å². The molecule has 0 aliphatic carbocycles. The van der Waals surface area contributed by atoms with Crippen molar-refractivity contribution in [2.45, 2.75) is 91.0 Å². The van der Waals surface area contributed by atoms with Crippen molar-refractivity contribution in [2.75, 3.05) is 6.54 Å². The third-order valence-electron chi connectivity index (χ3n) is 6.36. The SMILES string of the molecule is CC/C=C\C/C=C\C/C=C\C/C=C\C/C=C\C/C=C\CCC(=O)NC(CCCNC(=O)c1ccc(C)cc1OC(C)=O)C(=O)O. The molecule has 244 valence electrons. The second kappa shape index (κ2) is 24.9. The molecule has 0 fully saturated rings. The van der Waals surface area contributed by atoms with E-state index < -0.39 is 23.9 Å². The minimum atomic E-state index is -1.13. The highest BCUT2D eigenvalue weighted by atomic mass is 16.5. The average Bonchev–Trinajstić information content (AvgIpc) is 2.99. The molecule has 0 aromatic heterocycles. The van der Waals surface area contributed by atoms with Crippen LogP contribution in [0.4, 0.5) is 0 Å². The minimum absolute atomic E-state index is 0.159. The first-order valence-electron chi connectivity index (χ1n) is 15.7. The number of carboxylic acids is 1. The van der Waals surface area contributed by atoms with Crippen molar-refractivity contribution < 1.29 is 29.0 Å². The van der Waals surface area contributed by atoms with E-state index in [4.69, 9.17) is 4.74 Å². The van der Waals surface area contributed by atoms with E-state index in [0.717, 1.165) is 44.1 Å². The van der Waals surface area contributed by atoms with E-state index in [1.165, 1.54) is 6.92 Å². The van der Waals surface area contributed by atoms with Gasteiger partial charge < -0.3 is 20.5 Å². The molecule has 1 unspecified atom stereocenters. The van der Waals surface area contributed by atoms with Gasteiger partial charge in [-0.15, -0.1) is 0 Å². The summed E-state index contributed by atoms with van der Waals surface area (Å²) in [6.07, 6.45) is 32.2. The first-order chi connectivity index (χ1) is 21.7. The number of rotatable bonds is 22. The number of esters is 1. The highest BCUT2D eigenvalue weighted by Crippen LogP contribution is 2.20. The van der Waals surface area contributed by atoms with E-state index in [1.807, 2.05) is 19.1 Å². The number of amides is 2. The summed E-state index contributed by atoms with van der Waals surface area (Å²) in [5.41, 5.74) is 1.05. The zero-order valence-corrected chi connectivity index (χ0v) is 27.0. The maximum absolute atomic E-state index is 12.6. The van der Waals surface area contributed by atoms with Gasteiger partial charge in [0, 0.05) is 19.9 Å². The summed E-state index contributed by atoms with van der Waals surface area (Å²) in [6, 6.07) is 3.86. The molecule has 0 heterocycles. The highest BCUT2D eigenvalue weighted by Gasteiger charge is 2.20. The molecule has 1 atom stereocenters. The van der Waals surface area contributed by atoms with Crippen molar-refractivity contribution in [3.05, 3.63) is 102 Å². The van der Waals surface area contributed by atoms with Gasteiger partial charge in [0.15, 0.2) is 0 Å². The van der Waals surface area contributed by atoms with Crippen molar-refractivity contribution in [3.63, 3.8) is 0 Å². The maximum Gasteiger partial charge on any atom is 0.326 e. The molecule has 3 N–H and O–H groups in total. The molecule has 0 spiro atoms. The summed E-state index contributed by atoms with van der Waals surface area (Å²) in [5.74, 6) is -2.26. The van der Waals surface area contributed by atoms with E-state index in [1.54, 1.807) is 18.2 Å². The Kier molecular flexibility index (Phi) is 21.4. The highest BCUT2D eigenvalue weighted by molar-refractivity contribution is 5.97. The average molecular weight is 619 g/mol. The van der Waals surface area contributed by atoms with E-state index >= 15 is 0 Å². The lowest BCUT2D eigenvalue weighted by molar-refractivity contribution is -0.142. The number of nitrogens with one attached hydrogen (secondary N) is 2. The van der Waals surface area contributed by atoms with Crippen LogP contribution in [0.15, 0.2) is 91.1 Å². The standard InChI is InChI=1S/C37H50N2O6/c1-4-5-6-7-8-9-10-11-12-13-14-15-16-17-18-19-20-21-22-25-35(41)39-33(37(43)44)24-23-28-38-36(42)32-27-26-30(2)29-34(32)45-31(3)40/h5-6,8-9,11-12,14-15,17-18,20-21,26-27,29,33H,4,7,10,13,16,19,22-25,28H2,1-3H3,(H,38,42)(H,39,41)(H,43,44)/b6-5-,9-8-,12-11-,15-14-,18-17-,21-20-. The molecule has 8 nitrogen and oxygen atoms in total. The lowest BCUT2D eigenvalue weighted by atomic mass is 10.1. The Morgan fingerprint density at radius 3 is 1.87 bits per heavy atom. The van der Waals surface area contributed by atoms with Gasteiger partial charge in [-0.25, -0.2) is 4.79 Å². The Balaban J connectivity index is 2.24. The Bertz CT molecular complexity index is 1240. The second-order valence-corrected chi connectivity index (χ2v) is 10.4. The van der Waals surface area contributed by atoms with Crippen LogP contribution in [-0.2, 0) is 14.4 Å². The zero-order valence-electron chi connectivity index (χ0n) is 27.0. The molecule has 45 heavy (non-hydrogen) atoms. The molecule has 0 saturated carbocycles. The van der Waals surface area contributed by atoms with Gasteiger partial charge in [0.2, 0.25) is 5.91 Å². The number of ether oxygens (including phenoxy) is 1. The number of aliphatic carboxylic acids is 1. The van der Waals surface area contributed by atoms with Gasteiger partial charge >= 0.3 is 11.9 Å². The fraction of sp³-hybridized carbons (Fsp3) is 0.405.